The van der Waals surface area contributed by atoms with Crippen LogP contribution in [0.15, 0.2) is 247 Å². The number of furan rings is 1. The lowest BCUT2D eigenvalue weighted by Crippen LogP contribution is -2.11. The zero-order chi connectivity index (χ0) is 42.8. The van der Waals surface area contributed by atoms with Crippen LogP contribution in [0.5, 0.6) is 0 Å². The second-order valence-electron chi connectivity index (χ2n) is 16.9. The normalized spacial score (nSPS) is 11.7. The van der Waals surface area contributed by atoms with Crippen LogP contribution in [0.2, 0.25) is 0 Å². The number of nitrogens with zero attached hydrogens (tertiary/aromatic N) is 2. The highest BCUT2D eigenvalue weighted by atomic mass is 16.3. The van der Waals surface area contributed by atoms with E-state index in [1.807, 2.05) is 6.07 Å². The van der Waals surface area contributed by atoms with Crippen molar-refractivity contribution < 1.29 is 4.42 Å². The molecule has 0 atom stereocenters. The summed E-state index contributed by atoms with van der Waals surface area (Å²) in [5.41, 5.74) is 15.6. The highest BCUT2D eigenvalue weighted by Gasteiger charge is 2.21. The molecule has 13 aromatic rings. The Morgan fingerprint density at radius 1 is 0.323 bits per heavy atom. The third-order valence-electron chi connectivity index (χ3n) is 13.2. The van der Waals surface area contributed by atoms with Crippen molar-refractivity contribution in [1.29, 1.82) is 0 Å². The van der Waals surface area contributed by atoms with Gasteiger partial charge in [-0.1, -0.05) is 170 Å². The molecule has 0 aliphatic rings. The third kappa shape index (κ3) is 6.12. The molecule has 11 aromatic carbocycles. The number of hydrogen-bond donors (Lipinski definition) is 0. The van der Waals surface area contributed by atoms with Crippen LogP contribution in [0.25, 0.3) is 104 Å². The van der Waals surface area contributed by atoms with Crippen molar-refractivity contribution in [2.75, 3.05) is 4.90 Å². The van der Waals surface area contributed by atoms with E-state index in [0.717, 1.165) is 66.5 Å². The summed E-state index contributed by atoms with van der Waals surface area (Å²) in [6.45, 7) is 0. The van der Waals surface area contributed by atoms with Crippen molar-refractivity contribution in [3.63, 3.8) is 0 Å². The van der Waals surface area contributed by atoms with Crippen LogP contribution < -0.4 is 4.90 Å². The van der Waals surface area contributed by atoms with Crippen LogP contribution in [0.1, 0.15) is 0 Å². The summed E-state index contributed by atoms with van der Waals surface area (Å²) >= 11 is 0. The summed E-state index contributed by atoms with van der Waals surface area (Å²) in [6.07, 6.45) is 0. The maximum Gasteiger partial charge on any atom is 0.143 e. The van der Waals surface area contributed by atoms with E-state index < -0.39 is 0 Å². The molecule has 0 bridgehead atoms. The topological polar surface area (TPSA) is 21.3 Å². The summed E-state index contributed by atoms with van der Waals surface area (Å²) in [5.74, 6) is 0. The second-order valence-corrected chi connectivity index (χ2v) is 16.9. The number of para-hydroxylation sites is 1. The van der Waals surface area contributed by atoms with Gasteiger partial charge in [-0.05, 0) is 117 Å². The van der Waals surface area contributed by atoms with Gasteiger partial charge in [-0.2, -0.15) is 0 Å². The molecule has 3 nitrogen and oxygen atoms in total. The Morgan fingerprint density at radius 2 is 0.892 bits per heavy atom. The fourth-order valence-corrected chi connectivity index (χ4v) is 10.1. The highest BCUT2D eigenvalue weighted by molar-refractivity contribution is 6.18. The highest BCUT2D eigenvalue weighted by Crippen LogP contribution is 2.45. The molecule has 2 aromatic heterocycles. The first-order chi connectivity index (χ1) is 32.2. The smallest absolute Gasteiger partial charge is 0.143 e. The van der Waals surface area contributed by atoms with E-state index >= 15 is 0 Å². The molecular weight excluding hydrogens is 789 g/mol. The molecule has 65 heavy (non-hydrogen) atoms. The Morgan fingerprint density at radius 3 is 1.63 bits per heavy atom. The molecule has 0 spiro atoms. The van der Waals surface area contributed by atoms with Crippen molar-refractivity contribution in [2.24, 2.45) is 0 Å². The molecule has 13 rings (SSSR count). The van der Waals surface area contributed by atoms with Crippen LogP contribution in [0.4, 0.5) is 17.1 Å². The Labute approximate surface area is 376 Å². The number of anilines is 3. The lowest BCUT2D eigenvalue weighted by atomic mass is 9.98. The maximum atomic E-state index is 6.61. The zero-order valence-electron chi connectivity index (χ0n) is 35.4. The van der Waals surface area contributed by atoms with Gasteiger partial charge in [0.15, 0.2) is 0 Å². The monoisotopic (exact) mass is 828 g/mol. The Kier molecular flexibility index (Phi) is 8.53. The minimum atomic E-state index is 0.895. The zero-order valence-corrected chi connectivity index (χ0v) is 35.4. The third-order valence-corrected chi connectivity index (χ3v) is 13.2. The number of fused-ring (bicyclic) bond motifs is 9. The predicted molar refractivity (Wildman–Crippen MR) is 274 cm³/mol. The van der Waals surface area contributed by atoms with E-state index in [9.17, 15) is 0 Å². The van der Waals surface area contributed by atoms with Crippen LogP contribution in [0.3, 0.4) is 0 Å². The van der Waals surface area contributed by atoms with Gasteiger partial charge in [0.1, 0.15) is 11.2 Å². The SMILES string of the molecule is c1ccc(-c2ccc3c(c2)c2cc(-c4ccccc4)ccc2n3-c2cccc(N(c3ccc(-c4cccc5ccccc45)cc3)c3cccc4c3ccc3c5ccccc5oc43)c2)cc1. The van der Waals surface area contributed by atoms with Crippen molar-refractivity contribution in [3.05, 3.63) is 243 Å². The van der Waals surface area contributed by atoms with Gasteiger partial charge >= 0.3 is 0 Å². The fourth-order valence-electron chi connectivity index (χ4n) is 10.1. The second kappa shape index (κ2) is 15.0. The Hall–Kier alpha value is -8.66. The van der Waals surface area contributed by atoms with Gasteiger partial charge in [0, 0.05) is 49.4 Å². The molecule has 0 aliphatic carbocycles. The first-order valence-corrected chi connectivity index (χ1v) is 22.2. The standard InChI is InChI=1S/C62H40N2O/c1-3-14-41(15-4-1)45-30-36-59-56(38-45)57-39-46(42-16-5-2-6-17-42)31-37-60(57)64(59)49-21-12-20-48(40-49)63(47-32-28-44(29-33-47)51-24-11-19-43-18-7-8-22-50(43)51)58-26-13-25-54-52(58)34-35-55-53-23-9-10-27-61(53)65-62(54)55/h1-40H. The van der Waals surface area contributed by atoms with Crippen LogP contribution in [0, 0.1) is 0 Å². The van der Waals surface area contributed by atoms with E-state index in [1.54, 1.807) is 0 Å². The van der Waals surface area contributed by atoms with E-state index in [1.165, 1.54) is 54.9 Å². The summed E-state index contributed by atoms with van der Waals surface area (Å²) < 4.78 is 9.04. The van der Waals surface area contributed by atoms with Gasteiger partial charge in [0.05, 0.1) is 16.7 Å². The lowest BCUT2D eigenvalue weighted by Gasteiger charge is -2.28. The Bertz CT molecular complexity index is 3840. The van der Waals surface area contributed by atoms with E-state index in [2.05, 4.69) is 246 Å². The fraction of sp³-hybridized carbons (Fsp3) is 0. The van der Waals surface area contributed by atoms with Gasteiger partial charge < -0.3 is 13.9 Å². The minimum Gasteiger partial charge on any atom is -0.455 e. The first-order valence-electron chi connectivity index (χ1n) is 22.2. The molecule has 0 amide bonds. The molecule has 0 unspecified atom stereocenters. The molecule has 0 radical (unpaired) electrons. The largest absolute Gasteiger partial charge is 0.455 e. The summed E-state index contributed by atoms with van der Waals surface area (Å²) in [4.78, 5) is 2.40. The van der Waals surface area contributed by atoms with Crippen LogP contribution >= 0.6 is 0 Å². The van der Waals surface area contributed by atoms with Crippen molar-refractivity contribution in [2.45, 2.75) is 0 Å². The van der Waals surface area contributed by atoms with Gasteiger partial charge in [0.2, 0.25) is 0 Å². The minimum absolute atomic E-state index is 0.895. The van der Waals surface area contributed by atoms with Crippen molar-refractivity contribution >= 4 is 82.4 Å². The summed E-state index contributed by atoms with van der Waals surface area (Å²) in [7, 11) is 0. The molecule has 0 saturated carbocycles. The number of benzene rings is 11. The Balaban J connectivity index is 1.02. The quantitative estimate of drug-likeness (QED) is 0.160. The number of hydrogen-bond acceptors (Lipinski definition) is 2. The van der Waals surface area contributed by atoms with E-state index in [4.69, 9.17) is 4.42 Å². The van der Waals surface area contributed by atoms with Crippen molar-refractivity contribution in [1.82, 2.24) is 4.57 Å². The molecule has 0 fully saturated rings. The average Bonchev–Trinajstić information content (AvgIpc) is 3.93. The van der Waals surface area contributed by atoms with E-state index in [0.29, 0.717) is 0 Å². The van der Waals surface area contributed by atoms with Gasteiger partial charge in [-0.3, -0.25) is 0 Å². The van der Waals surface area contributed by atoms with Gasteiger partial charge in [-0.25, -0.2) is 0 Å². The predicted octanol–water partition coefficient (Wildman–Crippen LogP) is 17.5. The maximum absolute atomic E-state index is 6.61. The number of rotatable bonds is 7. The van der Waals surface area contributed by atoms with Crippen molar-refractivity contribution in [3.8, 4) is 39.1 Å². The molecule has 2 heterocycles. The summed E-state index contributed by atoms with van der Waals surface area (Å²) in [5, 5.41) is 9.35. The van der Waals surface area contributed by atoms with Crippen LogP contribution in [-0.2, 0) is 0 Å². The van der Waals surface area contributed by atoms with E-state index in [-0.39, 0.29) is 0 Å². The van der Waals surface area contributed by atoms with Gasteiger partial charge in [0.25, 0.3) is 0 Å². The first kappa shape index (κ1) is 36.9. The molecule has 0 aliphatic heterocycles. The molecule has 3 heteroatoms. The summed E-state index contributed by atoms with van der Waals surface area (Å²) in [6, 6.07) is 87.8. The average molecular weight is 829 g/mol. The van der Waals surface area contributed by atoms with Crippen LogP contribution in [-0.4, -0.2) is 4.57 Å². The lowest BCUT2D eigenvalue weighted by molar-refractivity contribution is 0.672. The molecule has 304 valence electrons. The molecular formula is C62H40N2O. The molecule has 0 N–H and O–H groups in total. The number of aromatic nitrogens is 1. The van der Waals surface area contributed by atoms with Gasteiger partial charge in [-0.15, -0.1) is 0 Å². The molecule has 0 saturated heterocycles.